The van der Waals surface area contributed by atoms with E-state index in [1.807, 2.05) is 54.6 Å². The summed E-state index contributed by atoms with van der Waals surface area (Å²) >= 11 is 0. The Kier molecular flexibility index (Phi) is 4.50. The molecule has 138 valence electrons. The standard InChI is InChI=1S/C20H20N4O3/c21-19(25)17-11-16(23-24(17)14-7-2-1-3-8-14)20(26)22-12-15-10-13-6-4-5-9-18(13)27-15/h1-9,15,17H,10-12H2,(H2,21,25)(H,22,26)/t15-,17+/m1/s1. The topological polar surface area (TPSA) is 97.0 Å². The van der Waals surface area contributed by atoms with E-state index in [-0.39, 0.29) is 24.1 Å². The van der Waals surface area contributed by atoms with E-state index in [4.69, 9.17) is 10.5 Å². The molecule has 0 unspecified atom stereocenters. The monoisotopic (exact) mass is 364 g/mol. The zero-order valence-electron chi connectivity index (χ0n) is 14.7. The maximum atomic E-state index is 12.5. The zero-order chi connectivity index (χ0) is 18.8. The van der Waals surface area contributed by atoms with Crippen molar-refractivity contribution < 1.29 is 14.3 Å². The van der Waals surface area contributed by atoms with Gasteiger partial charge in [0.05, 0.1) is 12.2 Å². The van der Waals surface area contributed by atoms with Gasteiger partial charge in [0.2, 0.25) is 5.91 Å². The van der Waals surface area contributed by atoms with Crippen molar-refractivity contribution in [2.75, 3.05) is 11.6 Å². The number of carbonyl (C=O) groups is 2. The van der Waals surface area contributed by atoms with Gasteiger partial charge >= 0.3 is 0 Å². The molecule has 0 bridgehead atoms. The van der Waals surface area contributed by atoms with Crippen molar-refractivity contribution in [3.8, 4) is 5.75 Å². The third-order valence-corrected chi connectivity index (χ3v) is 4.73. The Balaban J connectivity index is 1.41. The fourth-order valence-corrected chi connectivity index (χ4v) is 3.36. The van der Waals surface area contributed by atoms with E-state index in [1.165, 1.54) is 5.01 Å². The first-order valence-corrected chi connectivity index (χ1v) is 8.85. The molecular formula is C20H20N4O3. The van der Waals surface area contributed by atoms with E-state index < -0.39 is 11.9 Å². The van der Waals surface area contributed by atoms with Gasteiger partial charge in [-0.3, -0.25) is 14.6 Å². The van der Waals surface area contributed by atoms with Crippen LogP contribution in [0.25, 0.3) is 0 Å². The van der Waals surface area contributed by atoms with E-state index >= 15 is 0 Å². The smallest absolute Gasteiger partial charge is 0.267 e. The summed E-state index contributed by atoms with van der Waals surface area (Å²) in [5.74, 6) is 0.0400. The first kappa shape index (κ1) is 17.1. The molecular weight excluding hydrogens is 344 g/mol. The molecule has 0 saturated heterocycles. The van der Waals surface area contributed by atoms with Gasteiger partial charge in [-0.2, -0.15) is 5.10 Å². The molecule has 7 nitrogen and oxygen atoms in total. The van der Waals surface area contributed by atoms with Crippen LogP contribution in [0, 0.1) is 0 Å². The minimum atomic E-state index is -0.667. The Bertz CT molecular complexity index is 872. The minimum absolute atomic E-state index is 0.106. The molecule has 0 radical (unpaired) electrons. The third kappa shape index (κ3) is 3.48. The van der Waals surface area contributed by atoms with E-state index in [0.717, 1.165) is 23.4 Å². The zero-order valence-corrected chi connectivity index (χ0v) is 14.7. The molecule has 4 rings (SSSR count). The summed E-state index contributed by atoms with van der Waals surface area (Å²) in [5.41, 5.74) is 7.65. The van der Waals surface area contributed by atoms with Gasteiger partial charge in [0, 0.05) is 12.8 Å². The Hall–Kier alpha value is -3.35. The molecule has 2 aromatic rings. The number of hydrogen-bond acceptors (Lipinski definition) is 5. The van der Waals surface area contributed by atoms with Crippen LogP contribution in [0.4, 0.5) is 5.69 Å². The number of amides is 2. The largest absolute Gasteiger partial charge is 0.488 e. The van der Waals surface area contributed by atoms with Gasteiger partial charge in [0.1, 0.15) is 23.6 Å². The molecule has 2 aliphatic heterocycles. The minimum Gasteiger partial charge on any atom is -0.488 e. The van der Waals surface area contributed by atoms with Crippen molar-refractivity contribution in [2.24, 2.45) is 10.8 Å². The number of nitrogens with zero attached hydrogens (tertiary/aromatic N) is 2. The number of anilines is 1. The van der Waals surface area contributed by atoms with Gasteiger partial charge in [-0.05, 0) is 23.8 Å². The lowest BCUT2D eigenvalue weighted by Crippen LogP contribution is -2.40. The van der Waals surface area contributed by atoms with Crippen molar-refractivity contribution in [2.45, 2.75) is 25.0 Å². The molecule has 0 aliphatic carbocycles. The van der Waals surface area contributed by atoms with Gasteiger partial charge in [-0.25, -0.2) is 0 Å². The van der Waals surface area contributed by atoms with E-state index in [9.17, 15) is 9.59 Å². The average Bonchev–Trinajstić information content (AvgIpc) is 3.31. The van der Waals surface area contributed by atoms with Crippen LogP contribution in [0.3, 0.4) is 0 Å². The summed E-state index contributed by atoms with van der Waals surface area (Å²) < 4.78 is 5.83. The summed E-state index contributed by atoms with van der Waals surface area (Å²) in [5, 5.41) is 8.71. The highest BCUT2D eigenvalue weighted by Crippen LogP contribution is 2.28. The Labute approximate surface area is 156 Å². The second kappa shape index (κ2) is 7.11. The SMILES string of the molecule is NC(=O)[C@@H]1CC(C(=O)NC[C@H]2Cc3ccccc3O2)=NN1c1ccccc1. The van der Waals surface area contributed by atoms with Crippen LogP contribution >= 0.6 is 0 Å². The molecule has 3 N–H and O–H groups in total. The van der Waals surface area contributed by atoms with Gasteiger partial charge in [0.15, 0.2) is 0 Å². The number of benzene rings is 2. The number of fused-ring (bicyclic) bond motifs is 1. The predicted octanol–water partition coefficient (Wildman–Crippen LogP) is 1.23. The molecule has 2 aliphatic rings. The third-order valence-electron chi connectivity index (χ3n) is 4.73. The highest BCUT2D eigenvalue weighted by atomic mass is 16.5. The molecule has 2 amide bonds. The lowest BCUT2D eigenvalue weighted by Gasteiger charge is -2.20. The molecule has 27 heavy (non-hydrogen) atoms. The van der Waals surface area contributed by atoms with Gasteiger partial charge < -0.3 is 15.8 Å². The number of primary amides is 1. The average molecular weight is 364 g/mol. The molecule has 0 aromatic heterocycles. The van der Waals surface area contributed by atoms with E-state index in [0.29, 0.717) is 6.54 Å². The van der Waals surface area contributed by atoms with Crippen LogP contribution in [0.1, 0.15) is 12.0 Å². The second-order valence-electron chi connectivity index (χ2n) is 6.61. The molecule has 2 atom stereocenters. The first-order valence-electron chi connectivity index (χ1n) is 8.85. The van der Waals surface area contributed by atoms with Crippen molar-refractivity contribution in [3.63, 3.8) is 0 Å². The number of rotatable bonds is 5. The molecule has 0 spiro atoms. The van der Waals surface area contributed by atoms with E-state index in [1.54, 1.807) is 0 Å². The Morgan fingerprint density at radius 1 is 1.11 bits per heavy atom. The highest BCUT2D eigenvalue weighted by molar-refractivity contribution is 6.40. The number of hydrazone groups is 1. The summed E-state index contributed by atoms with van der Waals surface area (Å²) in [7, 11) is 0. The number of nitrogens with one attached hydrogen (secondary N) is 1. The lowest BCUT2D eigenvalue weighted by molar-refractivity contribution is -0.119. The van der Waals surface area contributed by atoms with Crippen molar-refractivity contribution >= 4 is 23.2 Å². The van der Waals surface area contributed by atoms with Crippen LogP contribution in [0.2, 0.25) is 0 Å². The van der Waals surface area contributed by atoms with Crippen molar-refractivity contribution in [3.05, 3.63) is 60.2 Å². The molecule has 2 heterocycles. The maximum Gasteiger partial charge on any atom is 0.267 e. The normalized spacial score (nSPS) is 20.6. The Morgan fingerprint density at radius 2 is 1.85 bits per heavy atom. The van der Waals surface area contributed by atoms with Crippen LogP contribution < -0.4 is 20.8 Å². The van der Waals surface area contributed by atoms with Gasteiger partial charge in [0.25, 0.3) is 5.91 Å². The fraction of sp³-hybridized carbons (Fsp3) is 0.250. The second-order valence-corrected chi connectivity index (χ2v) is 6.61. The molecule has 2 aromatic carbocycles. The highest BCUT2D eigenvalue weighted by Gasteiger charge is 2.35. The van der Waals surface area contributed by atoms with Crippen molar-refractivity contribution in [1.29, 1.82) is 0 Å². The summed E-state index contributed by atoms with van der Waals surface area (Å²) in [6.45, 7) is 0.374. The Morgan fingerprint density at radius 3 is 2.59 bits per heavy atom. The molecule has 0 saturated carbocycles. The fourth-order valence-electron chi connectivity index (χ4n) is 3.36. The van der Waals surface area contributed by atoms with Gasteiger partial charge in [-0.1, -0.05) is 36.4 Å². The number of ether oxygens (including phenoxy) is 1. The summed E-state index contributed by atoms with van der Waals surface area (Å²) in [4.78, 5) is 24.3. The number of nitrogens with two attached hydrogens (primary N) is 1. The molecule has 0 fully saturated rings. The predicted molar refractivity (Wildman–Crippen MR) is 102 cm³/mol. The quantitative estimate of drug-likeness (QED) is 0.834. The summed E-state index contributed by atoms with van der Waals surface area (Å²) in [6.07, 6.45) is 0.829. The maximum absolute atomic E-state index is 12.5. The summed E-state index contributed by atoms with van der Waals surface area (Å²) in [6, 6.07) is 16.4. The number of para-hydroxylation sites is 2. The lowest BCUT2D eigenvalue weighted by atomic mass is 10.1. The van der Waals surface area contributed by atoms with Crippen LogP contribution in [-0.2, 0) is 16.0 Å². The number of carbonyl (C=O) groups excluding carboxylic acids is 2. The molecule has 7 heteroatoms. The van der Waals surface area contributed by atoms with Crippen molar-refractivity contribution in [1.82, 2.24) is 5.32 Å². The van der Waals surface area contributed by atoms with Crippen LogP contribution in [0.15, 0.2) is 59.7 Å². The van der Waals surface area contributed by atoms with Crippen LogP contribution in [0.5, 0.6) is 5.75 Å². The number of hydrogen-bond donors (Lipinski definition) is 2. The first-order chi connectivity index (χ1) is 13.1. The van der Waals surface area contributed by atoms with E-state index in [2.05, 4.69) is 10.4 Å². The van der Waals surface area contributed by atoms with Gasteiger partial charge in [-0.15, -0.1) is 0 Å². The van der Waals surface area contributed by atoms with Crippen LogP contribution in [-0.4, -0.2) is 36.2 Å².